The van der Waals surface area contributed by atoms with Gasteiger partial charge in [0.2, 0.25) is 5.91 Å². The van der Waals surface area contributed by atoms with Gasteiger partial charge >= 0.3 is 11.9 Å². The summed E-state index contributed by atoms with van der Waals surface area (Å²) in [5.41, 5.74) is 7.18. The van der Waals surface area contributed by atoms with Gasteiger partial charge in [-0.25, -0.2) is 0 Å². The van der Waals surface area contributed by atoms with Crippen molar-refractivity contribution in [1.29, 1.82) is 0 Å². The Morgan fingerprint density at radius 1 is 1.08 bits per heavy atom. The fourth-order valence-corrected chi connectivity index (χ4v) is 10.2. The number of methoxy groups -OCH3 is 1. The van der Waals surface area contributed by atoms with Gasteiger partial charge in [-0.3, -0.25) is 14.4 Å². The van der Waals surface area contributed by atoms with Gasteiger partial charge in [-0.2, -0.15) is 0 Å². The Bertz CT molecular complexity index is 1160. The molecule has 0 aromatic heterocycles. The largest absolute Gasteiger partial charge is 0.469 e. The fourth-order valence-electron chi connectivity index (χ4n) is 5.63. The zero-order valence-electron chi connectivity index (χ0n) is 23.1. The van der Waals surface area contributed by atoms with Crippen molar-refractivity contribution in [3.8, 4) is 0 Å². The Balaban J connectivity index is 1.77. The lowest BCUT2D eigenvalue weighted by Crippen LogP contribution is -2.66. The van der Waals surface area contributed by atoms with Crippen LogP contribution in [0.4, 0.5) is 0 Å². The van der Waals surface area contributed by atoms with Crippen molar-refractivity contribution in [1.82, 2.24) is 0 Å². The minimum absolute atomic E-state index is 0.0300. The monoisotopic (exact) mass is 551 g/mol. The SMILES string of the molecule is COC(=O)CC[C@@]1(C(=O)N=[N+]=[N-])C(=O)OC[C@@H]1CCCCO[Si](c1ccccc1)(c1ccccc1)C(C)(C)C. The summed E-state index contributed by atoms with van der Waals surface area (Å²) in [6.07, 6.45) is 1.54. The first-order valence-electron chi connectivity index (χ1n) is 13.2. The number of amides is 1. The summed E-state index contributed by atoms with van der Waals surface area (Å²) in [4.78, 5) is 40.0. The normalized spacial score (nSPS) is 19.2. The summed E-state index contributed by atoms with van der Waals surface area (Å²) in [7, 11) is -1.43. The van der Waals surface area contributed by atoms with Crippen LogP contribution in [0.2, 0.25) is 5.04 Å². The first kappa shape index (κ1) is 30.1. The van der Waals surface area contributed by atoms with E-state index in [4.69, 9.17) is 19.4 Å². The zero-order chi connectivity index (χ0) is 28.5. The second kappa shape index (κ2) is 13.1. The average molecular weight is 552 g/mol. The van der Waals surface area contributed by atoms with Crippen LogP contribution >= 0.6 is 0 Å². The number of ether oxygens (including phenoxy) is 2. The first-order valence-corrected chi connectivity index (χ1v) is 15.1. The van der Waals surface area contributed by atoms with Crippen LogP contribution in [-0.2, 0) is 28.3 Å². The molecule has 2 aromatic carbocycles. The summed E-state index contributed by atoms with van der Waals surface area (Å²) >= 11 is 0. The highest BCUT2D eigenvalue weighted by molar-refractivity contribution is 6.99. The van der Waals surface area contributed by atoms with Crippen LogP contribution in [0.15, 0.2) is 65.8 Å². The number of unbranched alkanes of at least 4 members (excludes halogenated alkanes) is 1. The van der Waals surface area contributed by atoms with Crippen LogP contribution < -0.4 is 10.4 Å². The van der Waals surface area contributed by atoms with Crippen molar-refractivity contribution in [3.63, 3.8) is 0 Å². The van der Waals surface area contributed by atoms with Crippen LogP contribution in [0.1, 0.15) is 52.9 Å². The van der Waals surface area contributed by atoms with E-state index in [0.29, 0.717) is 25.9 Å². The standard InChI is InChI=1S/C29H37N3O6Si/c1-28(2,3)39(23-14-7-5-8-15-23,24-16-9-6-10-17-24)38-20-12-11-13-22-21-37-27(35)29(22,26(34)31-32-30)19-18-25(33)36-4/h5-10,14-17,22H,11-13,18-21H2,1-4H3/t22-,29+/m0/s1. The van der Waals surface area contributed by atoms with Gasteiger partial charge in [0.1, 0.15) is 5.41 Å². The van der Waals surface area contributed by atoms with Gasteiger partial charge in [0.05, 0.1) is 13.7 Å². The number of hydrogen-bond donors (Lipinski definition) is 0. The Morgan fingerprint density at radius 3 is 2.18 bits per heavy atom. The molecule has 1 aliphatic rings. The Kier molecular flexibility index (Phi) is 10.1. The molecule has 1 amide bonds. The second-order valence-corrected chi connectivity index (χ2v) is 15.2. The Labute approximate surface area is 230 Å². The van der Waals surface area contributed by atoms with E-state index in [2.05, 4.69) is 55.1 Å². The van der Waals surface area contributed by atoms with Gasteiger partial charge in [-0.05, 0) is 45.3 Å². The van der Waals surface area contributed by atoms with Crippen molar-refractivity contribution in [2.24, 2.45) is 16.4 Å². The van der Waals surface area contributed by atoms with E-state index in [1.54, 1.807) is 0 Å². The fraction of sp³-hybridized carbons (Fsp3) is 0.483. The molecule has 3 rings (SSSR count). The summed E-state index contributed by atoms with van der Waals surface area (Å²) in [5.74, 6) is -2.73. The Hall–Kier alpha value is -3.46. The third-order valence-corrected chi connectivity index (χ3v) is 12.7. The number of carbonyl (C=O) groups excluding carboxylic acids is 3. The molecule has 1 aliphatic heterocycles. The van der Waals surface area contributed by atoms with Crippen LogP contribution in [0.3, 0.4) is 0 Å². The van der Waals surface area contributed by atoms with Gasteiger partial charge < -0.3 is 13.9 Å². The summed E-state index contributed by atoms with van der Waals surface area (Å²) in [6.45, 7) is 7.18. The third kappa shape index (κ3) is 6.24. The molecule has 2 aromatic rings. The molecule has 10 heteroatoms. The van der Waals surface area contributed by atoms with Crippen molar-refractivity contribution >= 4 is 36.5 Å². The summed E-state index contributed by atoms with van der Waals surface area (Å²) in [6, 6.07) is 20.7. The van der Waals surface area contributed by atoms with E-state index in [9.17, 15) is 14.4 Å². The Morgan fingerprint density at radius 2 is 1.67 bits per heavy atom. The molecule has 0 spiro atoms. The van der Waals surface area contributed by atoms with Gasteiger partial charge in [0, 0.05) is 23.9 Å². The molecule has 39 heavy (non-hydrogen) atoms. The molecule has 9 nitrogen and oxygen atoms in total. The molecule has 0 unspecified atom stereocenters. The van der Waals surface area contributed by atoms with Gasteiger partial charge in [-0.1, -0.05) is 87.9 Å². The number of benzene rings is 2. The van der Waals surface area contributed by atoms with Crippen LogP contribution in [-0.4, -0.2) is 46.5 Å². The molecule has 1 heterocycles. The lowest BCUT2D eigenvalue weighted by atomic mass is 9.71. The number of carbonyl (C=O) groups is 3. The van der Waals surface area contributed by atoms with Gasteiger partial charge in [-0.15, -0.1) is 0 Å². The highest BCUT2D eigenvalue weighted by atomic mass is 28.4. The van der Waals surface area contributed by atoms with Crippen molar-refractivity contribution in [2.45, 2.75) is 57.9 Å². The van der Waals surface area contributed by atoms with E-state index in [1.807, 2.05) is 36.4 Å². The van der Waals surface area contributed by atoms with Crippen molar-refractivity contribution in [2.75, 3.05) is 20.3 Å². The lowest BCUT2D eigenvalue weighted by Gasteiger charge is -2.43. The minimum atomic E-state index is -2.67. The molecule has 0 N–H and O–H groups in total. The van der Waals surface area contributed by atoms with E-state index < -0.39 is 37.5 Å². The van der Waals surface area contributed by atoms with Crippen LogP contribution in [0.5, 0.6) is 0 Å². The average Bonchev–Trinajstić information content (AvgIpc) is 3.25. The number of nitrogens with zero attached hydrogens (tertiary/aromatic N) is 3. The number of cyclic esters (lactones) is 1. The predicted molar refractivity (Wildman–Crippen MR) is 150 cm³/mol. The van der Waals surface area contributed by atoms with E-state index in [-0.39, 0.29) is 24.5 Å². The highest BCUT2D eigenvalue weighted by Crippen LogP contribution is 2.44. The maximum absolute atomic E-state index is 12.8. The maximum Gasteiger partial charge on any atom is 0.320 e. The van der Waals surface area contributed by atoms with Crippen LogP contribution in [0.25, 0.3) is 10.4 Å². The molecule has 2 atom stereocenters. The van der Waals surface area contributed by atoms with Gasteiger partial charge in [0.25, 0.3) is 8.32 Å². The lowest BCUT2D eigenvalue weighted by molar-refractivity contribution is -0.153. The molecule has 208 valence electrons. The molecule has 1 saturated heterocycles. The highest BCUT2D eigenvalue weighted by Gasteiger charge is 2.57. The molecular weight excluding hydrogens is 514 g/mol. The predicted octanol–water partition coefficient (Wildman–Crippen LogP) is 4.68. The number of rotatable bonds is 12. The molecular formula is C29H37N3O6Si. The molecule has 0 aliphatic carbocycles. The maximum atomic E-state index is 12.8. The smallest absolute Gasteiger partial charge is 0.320 e. The number of esters is 2. The molecule has 0 radical (unpaired) electrons. The number of hydrogen-bond acceptors (Lipinski definition) is 6. The third-order valence-electron chi connectivity index (χ3n) is 7.63. The van der Waals surface area contributed by atoms with Gasteiger partial charge in [0.15, 0.2) is 0 Å². The van der Waals surface area contributed by atoms with Crippen LogP contribution in [0, 0.1) is 11.3 Å². The quantitative estimate of drug-likeness (QED) is 0.0716. The zero-order valence-corrected chi connectivity index (χ0v) is 24.1. The van der Waals surface area contributed by atoms with Crippen molar-refractivity contribution in [3.05, 3.63) is 71.1 Å². The van der Waals surface area contributed by atoms with E-state index >= 15 is 0 Å². The van der Waals surface area contributed by atoms with E-state index in [1.165, 1.54) is 17.5 Å². The molecule has 1 fully saturated rings. The summed E-state index contributed by atoms with van der Waals surface area (Å²) in [5, 5.41) is 5.47. The minimum Gasteiger partial charge on any atom is -0.469 e. The topological polar surface area (TPSA) is 128 Å². The van der Waals surface area contributed by atoms with E-state index in [0.717, 1.165) is 0 Å². The molecule has 0 bridgehead atoms. The molecule has 0 saturated carbocycles. The number of azide groups is 1. The first-order chi connectivity index (χ1) is 18.6. The van der Waals surface area contributed by atoms with Crippen molar-refractivity contribution < 1.29 is 28.3 Å². The summed E-state index contributed by atoms with van der Waals surface area (Å²) < 4.78 is 16.9. The second-order valence-electron chi connectivity index (χ2n) is 10.8.